The van der Waals surface area contributed by atoms with E-state index in [-0.39, 0.29) is 17.0 Å². The Bertz CT molecular complexity index is 556. The van der Waals surface area contributed by atoms with E-state index in [1.807, 2.05) is 12.1 Å². The van der Waals surface area contributed by atoms with Crippen LogP contribution in [0, 0.1) is 5.92 Å². The number of hydrogen-bond acceptors (Lipinski definition) is 0. The van der Waals surface area contributed by atoms with Crippen LogP contribution in [0.5, 0.6) is 0 Å². The molecule has 0 aromatic heterocycles. The highest BCUT2D eigenvalue weighted by Gasteiger charge is 2.33. The first-order valence-electron chi connectivity index (χ1n) is 9.09. The summed E-state index contributed by atoms with van der Waals surface area (Å²) >= 11 is 18.8. The molecule has 0 N–H and O–H groups in total. The molecule has 5 heteroatoms. The van der Waals surface area contributed by atoms with Crippen molar-refractivity contribution < 1.29 is 21.5 Å². The molecule has 1 aliphatic rings. The van der Waals surface area contributed by atoms with E-state index in [0.29, 0.717) is 21.0 Å². The average molecular weight is 470 g/mol. The molecule has 1 heterocycles. The fraction of sp³-hybridized carbons (Fsp3) is 0.600. The molecule has 0 bridgehead atoms. The van der Waals surface area contributed by atoms with Gasteiger partial charge in [-0.2, -0.15) is 0 Å². The SMILES string of the molecule is C=CC[N+]1(CC(CCCC)Cc2ccc(Cl)c(Cl)c2Cl)CCCC1.[Br-]. The largest absolute Gasteiger partial charge is 1.00 e. The standard InChI is InChI=1S/C20H29Cl3N.BrH/c1-3-5-8-16(15-24(11-4-2)12-6-7-13-24)14-17-9-10-18(21)20(23)19(17)22;/h4,9-10,16H,2-3,5-8,11-15H2,1H3;1H/q+1;/p-1. The summed E-state index contributed by atoms with van der Waals surface area (Å²) in [5, 5.41) is 1.65. The molecule has 142 valence electrons. The Morgan fingerprint density at radius 2 is 1.84 bits per heavy atom. The molecular formula is C20H29BrCl3N. The number of hydrogen-bond donors (Lipinski definition) is 0. The maximum Gasteiger partial charge on any atom is 0.0971 e. The van der Waals surface area contributed by atoms with Crippen molar-refractivity contribution in [3.05, 3.63) is 45.4 Å². The van der Waals surface area contributed by atoms with Crippen molar-refractivity contribution >= 4 is 34.8 Å². The fourth-order valence-electron chi connectivity index (χ4n) is 4.05. The molecule has 1 aromatic rings. The van der Waals surface area contributed by atoms with Crippen molar-refractivity contribution in [1.29, 1.82) is 0 Å². The Kier molecular flexibility index (Phi) is 10.4. The number of likely N-dealkylation sites (tertiary alicyclic amines) is 1. The number of nitrogens with zero attached hydrogens (tertiary/aromatic N) is 1. The molecule has 1 saturated heterocycles. The molecule has 1 unspecified atom stereocenters. The van der Waals surface area contributed by atoms with E-state index in [1.54, 1.807) is 0 Å². The summed E-state index contributed by atoms with van der Waals surface area (Å²) in [6.07, 6.45) is 9.47. The minimum absolute atomic E-state index is 0. The summed E-state index contributed by atoms with van der Waals surface area (Å²) in [4.78, 5) is 0. The highest BCUT2D eigenvalue weighted by Crippen LogP contribution is 2.35. The second kappa shape index (κ2) is 11.2. The van der Waals surface area contributed by atoms with Crippen LogP contribution in [0.3, 0.4) is 0 Å². The summed E-state index contributed by atoms with van der Waals surface area (Å²) in [5.41, 5.74) is 1.13. The van der Waals surface area contributed by atoms with E-state index in [4.69, 9.17) is 34.8 Å². The first-order valence-corrected chi connectivity index (χ1v) is 10.2. The van der Waals surface area contributed by atoms with E-state index in [2.05, 4.69) is 19.6 Å². The average Bonchev–Trinajstić information content (AvgIpc) is 3.01. The normalized spacial score (nSPS) is 17.1. The molecule has 0 saturated carbocycles. The lowest BCUT2D eigenvalue weighted by atomic mass is 9.92. The lowest BCUT2D eigenvalue weighted by Gasteiger charge is -2.37. The zero-order valence-corrected chi connectivity index (χ0v) is 18.9. The number of halogens is 4. The van der Waals surface area contributed by atoms with Crippen LogP contribution in [-0.4, -0.2) is 30.7 Å². The molecule has 1 atom stereocenters. The van der Waals surface area contributed by atoms with Crippen LogP contribution < -0.4 is 17.0 Å². The molecule has 1 aliphatic heterocycles. The Morgan fingerprint density at radius 1 is 1.16 bits per heavy atom. The van der Waals surface area contributed by atoms with Gasteiger partial charge in [0, 0.05) is 18.8 Å². The number of rotatable bonds is 9. The van der Waals surface area contributed by atoms with Crippen LogP contribution >= 0.6 is 34.8 Å². The number of quaternary nitrogens is 1. The molecule has 2 rings (SSSR count). The van der Waals surface area contributed by atoms with Crippen molar-refractivity contribution in [3.8, 4) is 0 Å². The van der Waals surface area contributed by atoms with Crippen LogP contribution in [-0.2, 0) is 6.42 Å². The van der Waals surface area contributed by atoms with Crippen LogP contribution in [0.15, 0.2) is 24.8 Å². The first kappa shape index (κ1) is 23.3. The van der Waals surface area contributed by atoms with Gasteiger partial charge >= 0.3 is 0 Å². The van der Waals surface area contributed by atoms with Gasteiger partial charge in [-0.05, 0) is 30.5 Å². The highest BCUT2D eigenvalue weighted by atomic mass is 79.9. The van der Waals surface area contributed by atoms with Gasteiger partial charge in [0.15, 0.2) is 0 Å². The molecule has 1 nitrogen and oxygen atoms in total. The zero-order valence-electron chi connectivity index (χ0n) is 15.0. The van der Waals surface area contributed by atoms with Gasteiger partial charge in [-0.25, -0.2) is 0 Å². The van der Waals surface area contributed by atoms with E-state index in [1.165, 1.54) is 56.2 Å². The van der Waals surface area contributed by atoms with Crippen LogP contribution in [0.25, 0.3) is 0 Å². The third-order valence-electron chi connectivity index (χ3n) is 5.27. The third kappa shape index (κ3) is 6.43. The Balaban J connectivity index is 0.00000312. The maximum atomic E-state index is 6.45. The smallest absolute Gasteiger partial charge is 0.0971 e. The minimum Gasteiger partial charge on any atom is -1.00 e. The van der Waals surface area contributed by atoms with Crippen molar-refractivity contribution in [1.82, 2.24) is 0 Å². The van der Waals surface area contributed by atoms with Gasteiger partial charge in [-0.15, -0.1) is 0 Å². The molecule has 1 fully saturated rings. The summed E-state index contributed by atoms with van der Waals surface area (Å²) in [5.74, 6) is 0.623. The van der Waals surface area contributed by atoms with Gasteiger partial charge in [0.05, 0.1) is 41.2 Å². The van der Waals surface area contributed by atoms with E-state index in [9.17, 15) is 0 Å². The molecule has 25 heavy (non-hydrogen) atoms. The summed E-state index contributed by atoms with van der Waals surface area (Å²) in [6.45, 7) is 11.1. The molecule has 0 radical (unpaired) electrons. The van der Waals surface area contributed by atoms with E-state index >= 15 is 0 Å². The molecular weight excluding hydrogens is 440 g/mol. The Hall–Kier alpha value is 0.270. The highest BCUT2D eigenvalue weighted by molar-refractivity contribution is 6.48. The zero-order chi connectivity index (χ0) is 17.6. The van der Waals surface area contributed by atoms with E-state index < -0.39 is 0 Å². The number of unbranched alkanes of at least 4 members (excludes halogenated alkanes) is 1. The predicted molar refractivity (Wildman–Crippen MR) is 107 cm³/mol. The Labute approximate surface area is 178 Å². The van der Waals surface area contributed by atoms with Crippen molar-refractivity contribution in [2.45, 2.75) is 45.4 Å². The lowest BCUT2D eigenvalue weighted by molar-refractivity contribution is -0.914. The molecule has 1 aromatic carbocycles. The van der Waals surface area contributed by atoms with E-state index in [0.717, 1.165) is 18.5 Å². The molecule has 0 spiro atoms. The van der Waals surface area contributed by atoms with Crippen LogP contribution in [0.4, 0.5) is 0 Å². The quantitative estimate of drug-likeness (QED) is 0.293. The molecule has 0 aliphatic carbocycles. The van der Waals surface area contributed by atoms with Crippen LogP contribution in [0.2, 0.25) is 15.1 Å². The Morgan fingerprint density at radius 3 is 2.44 bits per heavy atom. The summed E-state index contributed by atoms with van der Waals surface area (Å²) in [6, 6.07) is 3.91. The summed E-state index contributed by atoms with van der Waals surface area (Å²) < 4.78 is 1.19. The van der Waals surface area contributed by atoms with Gasteiger partial charge < -0.3 is 21.5 Å². The monoisotopic (exact) mass is 467 g/mol. The lowest BCUT2D eigenvalue weighted by Crippen LogP contribution is -3.00. The number of benzene rings is 1. The van der Waals surface area contributed by atoms with Gasteiger partial charge in [-0.1, -0.05) is 67.2 Å². The molecule has 0 amide bonds. The third-order valence-corrected chi connectivity index (χ3v) is 6.60. The topological polar surface area (TPSA) is 0 Å². The van der Waals surface area contributed by atoms with Crippen molar-refractivity contribution in [2.75, 3.05) is 26.2 Å². The second-order valence-electron chi connectivity index (χ2n) is 7.20. The van der Waals surface area contributed by atoms with Gasteiger partial charge in [0.1, 0.15) is 0 Å². The summed E-state index contributed by atoms with van der Waals surface area (Å²) in [7, 11) is 0. The van der Waals surface area contributed by atoms with Gasteiger partial charge in [0.2, 0.25) is 0 Å². The van der Waals surface area contributed by atoms with Gasteiger partial charge in [0.25, 0.3) is 0 Å². The maximum absolute atomic E-state index is 6.45. The van der Waals surface area contributed by atoms with Crippen molar-refractivity contribution in [3.63, 3.8) is 0 Å². The first-order chi connectivity index (χ1) is 11.5. The fourth-order valence-corrected chi connectivity index (χ4v) is 4.68. The minimum atomic E-state index is 0. The second-order valence-corrected chi connectivity index (χ2v) is 8.36. The van der Waals surface area contributed by atoms with Crippen LogP contribution in [0.1, 0.15) is 44.6 Å². The van der Waals surface area contributed by atoms with Gasteiger partial charge in [-0.3, -0.25) is 0 Å². The predicted octanol–water partition coefficient (Wildman–Crippen LogP) is 3.80. The van der Waals surface area contributed by atoms with Crippen molar-refractivity contribution in [2.24, 2.45) is 5.92 Å².